The van der Waals surface area contributed by atoms with E-state index in [0.717, 1.165) is 33.8 Å². The first kappa shape index (κ1) is 17.0. The van der Waals surface area contributed by atoms with Crippen LogP contribution in [0.4, 0.5) is 10.5 Å². The maximum Gasteiger partial charge on any atom is 0.290 e. The molecule has 2 N–H and O–H groups in total. The van der Waals surface area contributed by atoms with Crippen LogP contribution in [0.5, 0.6) is 0 Å². The van der Waals surface area contributed by atoms with Gasteiger partial charge in [-0.05, 0) is 35.4 Å². The lowest BCUT2D eigenvalue weighted by molar-refractivity contribution is -0.384. The lowest BCUT2D eigenvalue weighted by Crippen LogP contribution is -2.18. The second-order valence-corrected chi connectivity index (χ2v) is 6.98. The SMILES string of the molecule is O=C1NC(=O)C(=C(Cc2ccc([N+](=O)[O-])cc2)c2c[nH]c3ccccc23)S1. The predicted octanol–water partition coefficient (Wildman–Crippen LogP) is 4.01. The molecule has 27 heavy (non-hydrogen) atoms. The molecule has 0 bridgehead atoms. The van der Waals surface area contributed by atoms with Crippen molar-refractivity contribution in [2.45, 2.75) is 6.42 Å². The molecule has 4 rings (SSSR count). The summed E-state index contributed by atoms with van der Waals surface area (Å²) < 4.78 is 0. The fourth-order valence-electron chi connectivity index (χ4n) is 3.07. The second kappa shape index (κ2) is 6.73. The molecule has 0 aliphatic carbocycles. The Hall–Kier alpha value is -3.39. The van der Waals surface area contributed by atoms with Crippen molar-refractivity contribution in [1.29, 1.82) is 0 Å². The number of imide groups is 1. The van der Waals surface area contributed by atoms with Crippen molar-refractivity contribution in [2.75, 3.05) is 0 Å². The van der Waals surface area contributed by atoms with Crippen LogP contribution in [0, 0.1) is 10.1 Å². The Bertz CT molecular complexity index is 1120. The van der Waals surface area contributed by atoms with Crippen molar-refractivity contribution < 1.29 is 14.5 Å². The van der Waals surface area contributed by atoms with Crippen LogP contribution in [0.3, 0.4) is 0 Å². The van der Waals surface area contributed by atoms with E-state index in [9.17, 15) is 19.7 Å². The largest absolute Gasteiger partial charge is 0.361 e. The lowest BCUT2D eigenvalue weighted by Gasteiger charge is -2.09. The number of nitro benzene ring substituents is 1. The number of nitrogens with one attached hydrogen (secondary N) is 2. The van der Waals surface area contributed by atoms with Gasteiger partial charge in [0.2, 0.25) is 0 Å². The third-order valence-corrected chi connectivity index (χ3v) is 5.26. The third-order valence-electron chi connectivity index (χ3n) is 4.33. The number of rotatable bonds is 4. The summed E-state index contributed by atoms with van der Waals surface area (Å²) in [4.78, 5) is 37.9. The number of allylic oxidation sites excluding steroid dienone is 1. The highest BCUT2D eigenvalue weighted by Gasteiger charge is 2.30. The number of carbonyl (C=O) groups is 2. The molecule has 8 heteroatoms. The minimum absolute atomic E-state index is 0.00297. The van der Waals surface area contributed by atoms with Crippen LogP contribution in [-0.4, -0.2) is 21.1 Å². The first-order valence-corrected chi connectivity index (χ1v) is 8.90. The summed E-state index contributed by atoms with van der Waals surface area (Å²) in [5.41, 5.74) is 3.26. The first-order valence-electron chi connectivity index (χ1n) is 8.09. The van der Waals surface area contributed by atoms with Gasteiger partial charge in [-0.1, -0.05) is 30.3 Å². The van der Waals surface area contributed by atoms with Crippen molar-refractivity contribution in [2.24, 2.45) is 0 Å². The van der Waals surface area contributed by atoms with E-state index in [1.54, 1.807) is 12.1 Å². The lowest BCUT2D eigenvalue weighted by atomic mass is 9.97. The van der Waals surface area contributed by atoms with Crippen molar-refractivity contribution >= 4 is 45.1 Å². The minimum Gasteiger partial charge on any atom is -0.361 e. The summed E-state index contributed by atoms with van der Waals surface area (Å²) in [6, 6.07) is 13.9. The van der Waals surface area contributed by atoms with Gasteiger partial charge in [0, 0.05) is 34.8 Å². The van der Waals surface area contributed by atoms with Crippen molar-refractivity contribution in [3.8, 4) is 0 Å². The number of nitro groups is 1. The molecule has 2 amide bonds. The number of aromatic nitrogens is 1. The topological polar surface area (TPSA) is 105 Å². The molecule has 2 aromatic carbocycles. The number of fused-ring (bicyclic) bond motifs is 1. The van der Waals surface area contributed by atoms with Crippen molar-refractivity contribution in [1.82, 2.24) is 10.3 Å². The molecule has 3 aromatic rings. The Morgan fingerprint density at radius 3 is 2.48 bits per heavy atom. The predicted molar refractivity (Wildman–Crippen MR) is 103 cm³/mol. The van der Waals surface area contributed by atoms with Crippen LogP contribution >= 0.6 is 11.8 Å². The number of hydrogen-bond acceptors (Lipinski definition) is 5. The van der Waals surface area contributed by atoms with E-state index in [-0.39, 0.29) is 5.69 Å². The normalized spacial score (nSPS) is 15.9. The van der Waals surface area contributed by atoms with Gasteiger partial charge in [0.25, 0.3) is 16.8 Å². The van der Waals surface area contributed by atoms with E-state index in [1.807, 2.05) is 30.5 Å². The van der Waals surface area contributed by atoms with E-state index in [2.05, 4.69) is 10.3 Å². The number of para-hydroxylation sites is 1. The molecule has 0 saturated carbocycles. The van der Waals surface area contributed by atoms with Gasteiger partial charge in [-0.2, -0.15) is 0 Å². The zero-order chi connectivity index (χ0) is 19.0. The molecule has 7 nitrogen and oxygen atoms in total. The monoisotopic (exact) mass is 379 g/mol. The van der Waals surface area contributed by atoms with Gasteiger partial charge in [-0.25, -0.2) is 0 Å². The standard InChI is InChI=1S/C19H13N3O4S/c23-18-17(27-19(24)21-18)14(9-11-5-7-12(8-6-11)22(25)26)15-10-20-16-4-2-1-3-13(15)16/h1-8,10,20H,9H2,(H,21,23,24). The summed E-state index contributed by atoms with van der Waals surface area (Å²) in [6.45, 7) is 0. The molecule has 0 radical (unpaired) electrons. The van der Waals surface area contributed by atoms with Gasteiger partial charge < -0.3 is 4.98 Å². The van der Waals surface area contributed by atoms with Gasteiger partial charge in [-0.3, -0.25) is 25.0 Å². The average Bonchev–Trinajstić information content (AvgIpc) is 3.23. The van der Waals surface area contributed by atoms with E-state index in [4.69, 9.17) is 0 Å². The van der Waals surface area contributed by atoms with E-state index < -0.39 is 16.1 Å². The Morgan fingerprint density at radius 1 is 1.07 bits per heavy atom. The summed E-state index contributed by atoms with van der Waals surface area (Å²) >= 11 is 0.874. The van der Waals surface area contributed by atoms with Gasteiger partial charge in [-0.15, -0.1) is 0 Å². The van der Waals surface area contributed by atoms with Gasteiger partial charge in [0.1, 0.15) is 0 Å². The Kier molecular flexibility index (Phi) is 4.25. The number of thioether (sulfide) groups is 1. The highest BCUT2D eigenvalue weighted by molar-refractivity contribution is 8.18. The van der Waals surface area contributed by atoms with Crippen LogP contribution in [-0.2, 0) is 11.2 Å². The highest BCUT2D eigenvalue weighted by atomic mass is 32.2. The fraction of sp³-hybridized carbons (Fsp3) is 0.0526. The van der Waals surface area contributed by atoms with Crippen molar-refractivity contribution in [3.05, 3.63) is 80.9 Å². The number of carbonyl (C=O) groups excluding carboxylic acids is 2. The Morgan fingerprint density at radius 2 is 1.81 bits per heavy atom. The van der Waals surface area contributed by atoms with Crippen LogP contribution in [0.2, 0.25) is 0 Å². The molecule has 1 aromatic heterocycles. The van der Waals surface area contributed by atoms with Crippen LogP contribution in [0.25, 0.3) is 16.5 Å². The summed E-state index contributed by atoms with van der Waals surface area (Å²) in [5.74, 6) is -0.424. The van der Waals surface area contributed by atoms with Crippen molar-refractivity contribution in [3.63, 3.8) is 0 Å². The maximum atomic E-state index is 12.3. The molecular weight excluding hydrogens is 366 g/mol. The Balaban J connectivity index is 1.82. The highest BCUT2D eigenvalue weighted by Crippen LogP contribution is 2.37. The molecule has 1 saturated heterocycles. The quantitative estimate of drug-likeness (QED) is 0.405. The third kappa shape index (κ3) is 3.22. The number of nitrogens with zero attached hydrogens (tertiary/aromatic N) is 1. The smallest absolute Gasteiger partial charge is 0.290 e. The number of aromatic amines is 1. The zero-order valence-corrected chi connectivity index (χ0v) is 14.7. The Labute approximate surface area is 157 Å². The van der Waals surface area contributed by atoms with Crippen LogP contribution in [0.1, 0.15) is 11.1 Å². The molecular formula is C19H13N3O4S. The maximum absolute atomic E-state index is 12.3. The first-order chi connectivity index (χ1) is 13.0. The van der Waals surface area contributed by atoms with E-state index >= 15 is 0 Å². The fourth-order valence-corrected chi connectivity index (χ4v) is 3.85. The molecule has 1 aliphatic heterocycles. The number of hydrogen-bond donors (Lipinski definition) is 2. The number of amides is 2. The molecule has 1 aliphatic rings. The van der Waals surface area contributed by atoms with E-state index in [1.165, 1.54) is 12.1 Å². The number of H-pyrrole nitrogens is 1. The average molecular weight is 379 g/mol. The van der Waals surface area contributed by atoms with E-state index in [0.29, 0.717) is 16.9 Å². The molecule has 0 atom stereocenters. The number of non-ortho nitro benzene ring substituents is 1. The molecule has 2 heterocycles. The molecule has 134 valence electrons. The summed E-state index contributed by atoms with van der Waals surface area (Å²) in [6.07, 6.45) is 2.18. The van der Waals surface area contributed by atoms with Gasteiger partial charge >= 0.3 is 0 Å². The molecule has 1 fully saturated rings. The molecule has 0 spiro atoms. The number of benzene rings is 2. The van der Waals surface area contributed by atoms with Gasteiger partial charge in [0.05, 0.1) is 9.83 Å². The summed E-state index contributed by atoms with van der Waals surface area (Å²) in [7, 11) is 0. The van der Waals surface area contributed by atoms with Gasteiger partial charge in [0.15, 0.2) is 0 Å². The zero-order valence-electron chi connectivity index (χ0n) is 13.9. The summed E-state index contributed by atoms with van der Waals surface area (Å²) in [5, 5.41) is 13.7. The second-order valence-electron chi connectivity index (χ2n) is 6.00. The van der Waals surface area contributed by atoms with Crippen LogP contribution in [0.15, 0.2) is 59.6 Å². The molecule has 0 unspecified atom stereocenters. The minimum atomic E-state index is -0.457. The van der Waals surface area contributed by atoms with Crippen LogP contribution < -0.4 is 5.32 Å².